The fourth-order valence-electron chi connectivity index (χ4n) is 5.57. The molecule has 5 rings (SSSR count). The Balaban J connectivity index is 1.42. The topological polar surface area (TPSA) is 137 Å². The molecule has 3 unspecified atom stereocenters. The van der Waals surface area contributed by atoms with Gasteiger partial charge in [-0.05, 0) is 49.9 Å². The number of rotatable bonds is 9. The second kappa shape index (κ2) is 12.4. The predicted octanol–water partition coefficient (Wildman–Crippen LogP) is 2.45. The van der Waals surface area contributed by atoms with Crippen LogP contribution in [0.15, 0.2) is 47.5 Å². The molecule has 41 heavy (non-hydrogen) atoms. The number of hydrogen-bond donors (Lipinski definition) is 1. The van der Waals surface area contributed by atoms with Crippen molar-refractivity contribution in [2.24, 2.45) is 0 Å². The fourth-order valence-corrected chi connectivity index (χ4v) is 7.48. The summed E-state index contributed by atoms with van der Waals surface area (Å²) in [6.07, 6.45) is 2.71. The number of hydrogen-bond acceptors (Lipinski definition) is 9. The van der Waals surface area contributed by atoms with Gasteiger partial charge in [0.15, 0.2) is 6.29 Å². The Hall–Kier alpha value is -3.17. The molecule has 0 aliphatic carbocycles. The Morgan fingerprint density at radius 1 is 1.20 bits per heavy atom. The largest absolute Gasteiger partial charge is 0.447 e. The van der Waals surface area contributed by atoms with Gasteiger partial charge < -0.3 is 19.1 Å². The van der Waals surface area contributed by atoms with Crippen LogP contribution >= 0.6 is 0 Å². The number of carbonyl (C=O) groups excluding carboxylic acids is 2. The number of likely N-dealkylation sites (tertiary alicyclic amines) is 1. The SMILES string of the molecule is COCCOC(=O)N1CC2CCC(C(=O)NOC3CCCCO3)(C1)N2S(=O)(=O)c1ccc(-c2cccc(F)c2)nc1. The number of amides is 2. The Morgan fingerprint density at radius 2 is 2.05 bits per heavy atom. The van der Waals surface area contributed by atoms with Crippen molar-refractivity contribution in [3.63, 3.8) is 0 Å². The molecule has 14 heteroatoms. The number of fused-ring (bicyclic) bond motifs is 2. The number of pyridine rings is 1. The number of hydroxylamine groups is 1. The zero-order valence-corrected chi connectivity index (χ0v) is 23.5. The number of methoxy groups -OCH3 is 1. The van der Waals surface area contributed by atoms with Crippen molar-refractivity contribution in [1.82, 2.24) is 19.7 Å². The molecule has 0 radical (unpaired) electrons. The summed E-state index contributed by atoms with van der Waals surface area (Å²) in [5, 5.41) is 0. The molecule has 3 fully saturated rings. The number of piperazine rings is 1. The van der Waals surface area contributed by atoms with Crippen LogP contribution < -0.4 is 5.48 Å². The van der Waals surface area contributed by atoms with Gasteiger partial charge in [0.2, 0.25) is 10.0 Å². The normalized spacial score (nSPS) is 24.7. The highest BCUT2D eigenvalue weighted by Gasteiger charge is 2.62. The van der Waals surface area contributed by atoms with E-state index in [9.17, 15) is 22.4 Å². The molecule has 0 spiro atoms. The van der Waals surface area contributed by atoms with Crippen molar-refractivity contribution in [1.29, 1.82) is 0 Å². The molecule has 1 N–H and O–H groups in total. The highest BCUT2D eigenvalue weighted by Crippen LogP contribution is 2.43. The van der Waals surface area contributed by atoms with Gasteiger partial charge in [0.25, 0.3) is 5.91 Å². The van der Waals surface area contributed by atoms with Crippen LogP contribution in [0, 0.1) is 5.82 Å². The molecule has 12 nitrogen and oxygen atoms in total. The van der Waals surface area contributed by atoms with Gasteiger partial charge in [-0.15, -0.1) is 0 Å². The Morgan fingerprint density at radius 3 is 2.76 bits per heavy atom. The summed E-state index contributed by atoms with van der Waals surface area (Å²) in [4.78, 5) is 37.6. The van der Waals surface area contributed by atoms with E-state index in [4.69, 9.17) is 19.0 Å². The molecule has 3 aliphatic heterocycles. The van der Waals surface area contributed by atoms with Gasteiger partial charge in [0.05, 0.1) is 18.8 Å². The van der Waals surface area contributed by atoms with Crippen molar-refractivity contribution < 1.29 is 41.4 Å². The summed E-state index contributed by atoms with van der Waals surface area (Å²) in [6.45, 7) is 0.520. The van der Waals surface area contributed by atoms with E-state index in [1.165, 1.54) is 52.8 Å². The third kappa shape index (κ3) is 6.06. The molecule has 3 atom stereocenters. The monoisotopic (exact) mass is 592 g/mol. The molecule has 2 bridgehead atoms. The van der Waals surface area contributed by atoms with Gasteiger partial charge in [-0.25, -0.2) is 27.9 Å². The summed E-state index contributed by atoms with van der Waals surface area (Å²) in [6, 6.07) is 7.99. The van der Waals surface area contributed by atoms with E-state index in [2.05, 4.69) is 10.5 Å². The van der Waals surface area contributed by atoms with E-state index in [1.54, 1.807) is 6.07 Å². The highest BCUT2D eigenvalue weighted by molar-refractivity contribution is 7.89. The lowest BCUT2D eigenvalue weighted by Gasteiger charge is -2.46. The standard InChI is InChI=1S/C27H33FN4O8S/c1-37-13-14-39-26(34)31-17-21-10-11-27(18-31,25(33)30-40-24-7-2-3-12-38-24)32(21)41(35,36)22-8-9-23(29-16-22)19-5-4-6-20(28)15-19/h4-6,8-9,15-16,21,24H,2-3,7,10-14,17-18H2,1H3,(H,30,33). The van der Waals surface area contributed by atoms with Crippen LogP contribution in [-0.4, -0.2) is 92.5 Å². The van der Waals surface area contributed by atoms with E-state index in [1.807, 2.05) is 0 Å². The van der Waals surface area contributed by atoms with E-state index in [-0.39, 0.29) is 37.6 Å². The molecule has 222 valence electrons. The van der Waals surface area contributed by atoms with Crippen LogP contribution in [-0.2, 0) is 33.9 Å². The molecular weight excluding hydrogens is 559 g/mol. The summed E-state index contributed by atoms with van der Waals surface area (Å²) in [5.41, 5.74) is 1.65. The first-order chi connectivity index (χ1) is 19.7. The van der Waals surface area contributed by atoms with Gasteiger partial charge in [0.1, 0.15) is 22.9 Å². The first-order valence-electron chi connectivity index (χ1n) is 13.5. The number of carbonyl (C=O) groups is 2. The average molecular weight is 593 g/mol. The van der Waals surface area contributed by atoms with Crippen LogP contribution in [0.2, 0.25) is 0 Å². The predicted molar refractivity (Wildman–Crippen MR) is 142 cm³/mol. The van der Waals surface area contributed by atoms with Crippen LogP contribution in [0.25, 0.3) is 11.3 Å². The lowest BCUT2D eigenvalue weighted by molar-refractivity contribution is -0.204. The Labute approximate surface area is 237 Å². The van der Waals surface area contributed by atoms with E-state index in [0.717, 1.165) is 12.8 Å². The van der Waals surface area contributed by atoms with E-state index < -0.39 is 45.7 Å². The molecule has 0 saturated carbocycles. The fraction of sp³-hybridized carbons (Fsp3) is 0.519. The smallest absolute Gasteiger partial charge is 0.409 e. The van der Waals surface area contributed by atoms with Gasteiger partial charge in [-0.2, -0.15) is 4.31 Å². The summed E-state index contributed by atoms with van der Waals surface area (Å²) in [7, 11) is -2.79. The van der Waals surface area contributed by atoms with Gasteiger partial charge in [-0.3, -0.25) is 9.78 Å². The summed E-state index contributed by atoms with van der Waals surface area (Å²) >= 11 is 0. The van der Waals surface area contributed by atoms with Crippen LogP contribution in [0.4, 0.5) is 9.18 Å². The highest BCUT2D eigenvalue weighted by atomic mass is 32.2. The zero-order chi connectivity index (χ0) is 29.0. The quantitative estimate of drug-likeness (QED) is 0.344. The Bertz CT molecular complexity index is 1360. The number of halogens is 1. The lowest BCUT2D eigenvalue weighted by atomic mass is 9.96. The number of aromatic nitrogens is 1. The number of benzene rings is 1. The molecule has 2 aromatic rings. The minimum Gasteiger partial charge on any atom is -0.447 e. The van der Waals surface area contributed by atoms with Crippen LogP contribution in [0.3, 0.4) is 0 Å². The van der Waals surface area contributed by atoms with Crippen LogP contribution in [0.5, 0.6) is 0 Å². The molecule has 1 aromatic carbocycles. The zero-order valence-electron chi connectivity index (χ0n) is 22.7. The van der Waals surface area contributed by atoms with Crippen molar-refractivity contribution in [3.05, 3.63) is 48.4 Å². The first-order valence-corrected chi connectivity index (χ1v) is 14.9. The van der Waals surface area contributed by atoms with E-state index >= 15 is 0 Å². The van der Waals surface area contributed by atoms with Crippen molar-refractivity contribution in [2.45, 2.75) is 54.9 Å². The molecule has 2 amide bonds. The minimum absolute atomic E-state index is 0.0170. The number of nitrogens with zero attached hydrogens (tertiary/aromatic N) is 3. The first kappa shape index (κ1) is 29.3. The van der Waals surface area contributed by atoms with Crippen molar-refractivity contribution in [2.75, 3.05) is 40.0 Å². The minimum atomic E-state index is -4.27. The second-order valence-electron chi connectivity index (χ2n) is 10.2. The number of sulfonamides is 1. The maximum atomic E-state index is 14.1. The van der Waals surface area contributed by atoms with Gasteiger partial charge >= 0.3 is 6.09 Å². The Kier molecular flexibility index (Phi) is 8.85. The molecule has 1 aromatic heterocycles. The summed E-state index contributed by atoms with van der Waals surface area (Å²) < 4.78 is 58.8. The lowest BCUT2D eigenvalue weighted by Crippen LogP contribution is -2.69. The number of ether oxygens (including phenoxy) is 3. The molecule has 3 aliphatic rings. The van der Waals surface area contributed by atoms with Crippen LogP contribution in [0.1, 0.15) is 32.1 Å². The molecule has 4 heterocycles. The number of nitrogens with one attached hydrogen (secondary N) is 1. The van der Waals surface area contributed by atoms with Gasteiger partial charge in [0, 0.05) is 44.5 Å². The van der Waals surface area contributed by atoms with Crippen molar-refractivity contribution >= 4 is 22.0 Å². The average Bonchev–Trinajstić information content (AvgIpc) is 3.24. The maximum absolute atomic E-state index is 14.1. The second-order valence-corrected chi connectivity index (χ2v) is 12.1. The third-order valence-corrected chi connectivity index (χ3v) is 9.56. The van der Waals surface area contributed by atoms with Gasteiger partial charge in [-0.1, -0.05) is 12.1 Å². The molecular formula is C27H33FN4O8S. The summed E-state index contributed by atoms with van der Waals surface area (Å²) in [5.74, 6) is -1.14. The van der Waals surface area contributed by atoms with Crippen molar-refractivity contribution in [3.8, 4) is 11.3 Å². The molecule has 3 saturated heterocycles. The van der Waals surface area contributed by atoms with E-state index in [0.29, 0.717) is 30.7 Å². The third-order valence-electron chi connectivity index (χ3n) is 7.56. The maximum Gasteiger partial charge on any atom is 0.409 e.